The van der Waals surface area contributed by atoms with Gasteiger partial charge in [-0.15, -0.1) is 0 Å². The molecule has 0 bridgehead atoms. The van der Waals surface area contributed by atoms with Crippen LogP contribution in [0, 0.1) is 17.8 Å². The molecule has 0 aromatic heterocycles. The standard InChI is InChI=1S/C16H28N2O/c1-17-8-10-18(11-9-17)16(19)15-7-6-13-4-2-3-5-14(13)12-15/h13-15H,2-12H2,1H3/p+1/t13-,14-,15+/m1/s1. The van der Waals surface area contributed by atoms with Gasteiger partial charge in [-0.05, 0) is 31.1 Å². The summed E-state index contributed by atoms with van der Waals surface area (Å²) in [5.41, 5.74) is 0. The Morgan fingerprint density at radius 3 is 2.42 bits per heavy atom. The van der Waals surface area contributed by atoms with E-state index in [0.29, 0.717) is 11.8 Å². The van der Waals surface area contributed by atoms with Gasteiger partial charge in [0, 0.05) is 5.92 Å². The molecule has 19 heavy (non-hydrogen) atoms. The predicted molar refractivity (Wildman–Crippen MR) is 76.0 cm³/mol. The third-order valence-electron chi connectivity index (χ3n) is 5.82. The van der Waals surface area contributed by atoms with Crippen LogP contribution in [-0.4, -0.2) is 44.0 Å². The lowest BCUT2D eigenvalue weighted by atomic mass is 9.67. The van der Waals surface area contributed by atoms with Gasteiger partial charge < -0.3 is 9.80 Å². The van der Waals surface area contributed by atoms with Crippen molar-refractivity contribution in [3.05, 3.63) is 0 Å². The monoisotopic (exact) mass is 265 g/mol. The number of quaternary nitrogens is 1. The zero-order chi connectivity index (χ0) is 13.2. The number of hydrogen-bond donors (Lipinski definition) is 1. The number of amides is 1. The lowest BCUT2D eigenvalue weighted by Gasteiger charge is -2.41. The summed E-state index contributed by atoms with van der Waals surface area (Å²) in [5, 5.41) is 0. The fourth-order valence-corrected chi connectivity index (χ4v) is 4.46. The molecule has 108 valence electrons. The van der Waals surface area contributed by atoms with Crippen LogP contribution < -0.4 is 4.90 Å². The molecular weight excluding hydrogens is 236 g/mol. The summed E-state index contributed by atoms with van der Waals surface area (Å²) in [6.07, 6.45) is 9.34. The Bertz CT molecular complexity index is 323. The zero-order valence-electron chi connectivity index (χ0n) is 12.4. The number of carbonyl (C=O) groups excluding carboxylic acids is 1. The molecule has 3 nitrogen and oxygen atoms in total. The first-order valence-corrected chi connectivity index (χ1v) is 8.34. The minimum atomic E-state index is 0.359. The van der Waals surface area contributed by atoms with Gasteiger partial charge in [0.15, 0.2) is 0 Å². The lowest BCUT2D eigenvalue weighted by molar-refractivity contribution is -0.883. The Labute approximate surface area is 117 Å². The van der Waals surface area contributed by atoms with Crippen LogP contribution in [0.3, 0.4) is 0 Å². The lowest BCUT2D eigenvalue weighted by Crippen LogP contribution is -3.12. The summed E-state index contributed by atoms with van der Waals surface area (Å²) in [6, 6.07) is 0. The third-order valence-corrected chi connectivity index (χ3v) is 5.82. The molecule has 1 N–H and O–H groups in total. The summed E-state index contributed by atoms with van der Waals surface area (Å²) in [5.74, 6) is 2.67. The quantitative estimate of drug-likeness (QED) is 0.750. The van der Waals surface area contributed by atoms with Crippen LogP contribution in [-0.2, 0) is 4.79 Å². The number of rotatable bonds is 1. The van der Waals surface area contributed by atoms with Crippen molar-refractivity contribution in [2.24, 2.45) is 17.8 Å². The van der Waals surface area contributed by atoms with Gasteiger partial charge >= 0.3 is 0 Å². The Morgan fingerprint density at radius 2 is 1.68 bits per heavy atom. The Balaban J connectivity index is 1.55. The number of hydrogen-bond acceptors (Lipinski definition) is 1. The van der Waals surface area contributed by atoms with Crippen molar-refractivity contribution in [3.63, 3.8) is 0 Å². The molecule has 0 radical (unpaired) electrons. The van der Waals surface area contributed by atoms with Crippen molar-refractivity contribution in [3.8, 4) is 0 Å². The number of likely N-dealkylation sites (N-methyl/N-ethyl adjacent to an activating group) is 1. The highest BCUT2D eigenvalue weighted by atomic mass is 16.2. The van der Waals surface area contributed by atoms with Gasteiger partial charge in [0.25, 0.3) is 0 Å². The van der Waals surface area contributed by atoms with Crippen LogP contribution in [0.5, 0.6) is 0 Å². The zero-order valence-corrected chi connectivity index (χ0v) is 12.4. The molecule has 0 spiro atoms. The fourth-order valence-electron chi connectivity index (χ4n) is 4.46. The molecule has 3 atom stereocenters. The number of fused-ring (bicyclic) bond motifs is 1. The van der Waals surface area contributed by atoms with Gasteiger partial charge in [-0.1, -0.05) is 25.7 Å². The van der Waals surface area contributed by atoms with Crippen molar-refractivity contribution in [1.29, 1.82) is 0 Å². The molecular formula is C16H29N2O+. The first-order valence-electron chi connectivity index (χ1n) is 8.34. The highest BCUT2D eigenvalue weighted by Gasteiger charge is 2.37. The van der Waals surface area contributed by atoms with Crippen LogP contribution in [0.2, 0.25) is 0 Å². The first kappa shape index (κ1) is 13.4. The van der Waals surface area contributed by atoms with E-state index in [1.807, 2.05) is 0 Å². The van der Waals surface area contributed by atoms with E-state index in [0.717, 1.165) is 38.0 Å². The van der Waals surface area contributed by atoms with Crippen LogP contribution in [0.25, 0.3) is 0 Å². The minimum Gasteiger partial charge on any atom is -0.334 e. The average molecular weight is 265 g/mol. The number of carbonyl (C=O) groups is 1. The molecule has 3 fully saturated rings. The molecule has 1 amide bonds. The highest BCUT2D eigenvalue weighted by Crippen LogP contribution is 2.43. The van der Waals surface area contributed by atoms with Gasteiger partial charge in [-0.25, -0.2) is 0 Å². The smallest absolute Gasteiger partial charge is 0.226 e. The summed E-state index contributed by atoms with van der Waals surface area (Å²) >= 11 is 0. The Hall–Kier alpha value is -0.570. The van der Waals surface area contributed by atoms with E-state index in [4.69, 9.17) is 0 Å². The predicted octanol–water partition coefficient (Wildman–Crippen LogP) is 0.950. The van der Waals surface area contributed by atoms with E-state index in [1.54, 1.807) is 4.90 Å². The van der Waals surface area contributed by atoms with Crippen molar-refractivity contribution in [2.75, 3.05) is 33.2 Å². The maximum atomic E-state index is 12.7. The molecule has 1 aliphatic heterocycles. The van der Waals surface area contributed by atoms with Crippen LogP contribution >= 0.6 is 0 Å². The normalized spacial score (nSPS) is 36.9. The van der Waals surface area contributed by atoms with E-state index >= 15 is 0 Å². The molecule has 3 rings (SSSR count). The van der Waals surface area contributed by atoms with E-state index in [9.17, 15) is 4.79 Å². The van der Waals surface area contributed by atoms with E-state index < -0.39 is 0 Å². The van der Waals surface area contributed by atoms with E-state index in [2.05, 4.69) is 11.9 Å². The molecule has 1 heterocycles. The molecule has 0 aromatic rings. The maximum absolute atomic E-state index is 12.7. The van der Waals surface area contributed by atoms with Crippen LogP contribution in [0.4, 0.5) is 0 Å². The van der Waals surface area contributed by atoms with Gasteiger partial charge in [0.1, 0.15) is 0 Å². The SMILES string of the molecule is C[NH+]1CCN(C(=O)[C@H]2CC[C@H]3CCCC[C@@H]3C2)CC1. The molecule has 0 unspecified atom stereocenters. The van der Waals surface area contributed by atoms with Crippen LogP contribution in [0.15, 0.2) is 0 Å². The van der Waals surface area contributed by atoms with Gasteiger partial charge in [-0.3, -0.25) is 4.79 Å². The minimum absolute atomic E-state index is 0.359. The summed E-state index contributed by atoms with van der Waals surface area (Å²) < 4.78 is 0. The average Bonchev–Trinajstić information content (AvgIpc) is 2.47. The van der Waals surface area contributed by atoms with Gasteiger partial charge in [0.2, 0.25) is 5.91 Å². The van der Waals surface area contributed by atoms with Gasteiger partial charge in [0.05, 0.1) is 33.2 Å². The number of piperazine rings is 1. The fraction of sp³-hybridized carbons (Fsp3) is 0.938. The molecule has 1 saturated heterocycles. The van der Waals surface area contributed by atoms with Crippen molar-refractivity contribution in [1.82, 2.24) is 4.90 Å². The first-order chi connectivity index (χ1) is 9.24. The number of nitrogens with zero attached hydrogens (tertiary/aromatic N) is 1. The molecule has 0 aromatic carbocycles. The van der Waals surface area contributed by atoms with Crippen LogP contribution in [0.1, 0.15) is 44.9 Å². The third kappa shape index (κ3) is 2.96. The Morgan fingerprint density at radius 1 is 1.00 bits per heavy atom. The second kappa shape index (κ2) is 5.82. The van der Waals surface area contributed by atoms with E-state index in [-0.39, 0.29) is 0 Å². The van der Waals surface area contributed by atoms with Gasteiger partial charge in [-0.2, -0.15) is 0 Å². The van der Waals surface area contributed by atoms with Crippen molar-refractivity contribution < 1.29 is 9.69 Å². The van der Waals surface area contributed by atoms with Crippen molar-refractivity contribution >= 4 is 5.91 Å². The molecule has 2 aliphatic carbocycles. The van der Waals surface area contributed by atoms with E-state index in [1.165, 1.54) is 44.9 Å². The second-order valence-electron chi connectivity index (χ2n) is 7.10. The Kier molecular flexibility index (Phi) is 4.11. The second-order valence-corrected chi connectivity index (χ2v) is 7.10. The highest BCUT2D eigenvalue weighted by molar-refractivity contribution is 5.79. The molecule has 3 aliphatic rings. The number of nitrogens with one attached hydrogen (secondary N) is 1. The summed E-state index contributed by atoms with van der Waals surface area (Å²) in [6.45, 7) is 4.22. The largest absolute Gasteiger partial charge is 0.334 e. The molecule has 3 heteroatoms. The molecule has 2 saturated carbocycles. The van der Waals surface area contributed by atoms with Crippen molar-refractivity contribution in [2.45, 2.75) is 44.9 Å². The summed E-state index contributed by atoms with van der Waals surface area (Å²) in [7, 11) is 2.23. The topological polar surface area (TPSA) is 24.8 Å². The summed E-state index contributed by atoms with van der Waals surface area (Å²) in [4.78, 5) is 16.4. The maximum Gasteiger partial charge on any atom is 0.226 e.